The van der Waals surface area contributed by atoms with Crippen LogP contribution >= 0.6 is 27.3 Å². The van der Waals surface area contributed by atoms with E-state index in [0.29, 0.717) is 11.6 Å². The Hall–Kier alpha value is -1.99. The van der Waals surface area contributed by atoms with Crippen LogP contribution in [0.2, 0.25) is 0 Å². The minimum absolute atomic E-state index is 0.0115. The third kappa shape index (κ3) is 4.05. The highest BCUT2D eigenvalue weighted by Gasteiger charge is 2.29. The van der Waals surface area contributed by atoms with Gasteiger partial charge in [0.05, 0.1) is 32.2 Å². The van der Waals surface area contributed by atoms with Crippen LogP contribution in [-0.4, -0.2) is 42.1 Å². The van der Waals surface area contributed by atoms with Crippen LogP contribution in [0.3, 0.4) is 0 Å². The number of piperidine rings is 1. The number of halogens is 1. The van der Waals surface area contributed by atoms with Gasteiger partial charge in [-0.25, -0.2) is 4.99 Å². The zero-order chi connectivity index (χ0) is 19.7. The fraction of sp³-hybridized carbons (Fsp3) is 0.381. The zero-order valence-corrected chi connectivity index (χ0v) is 18.1. The molecule has 0 aliphatic carbocycles. The molecule has 0 atom stereocenters. The second kappa shape index (κ2) is 8.17. The molecule has 1 fully saturated rings. The predicted molar refractivity (Wildman–Crippen MR) is 117 cm³/mol. The first-order valence-corrected chi connectivity index (χ1v) is 11.1. The van der Waals surface area contributed by atoms with Crippen LogP contribution in [0.25, 0.3) is 0 Å². The first-order valence-electron chi connectivity index (χ1n) is 9.51. The van der Waals surface area contributed by atoms with Crippen molar-refractivity contribution in [3.8, 4) is 0 Å². The molecule has 3 heterocycles. The minimum Gasteiger partial charge on any atom is -0.341 e. The minimum atomic E-state index is -0.0908. The fourth-order valence-corrected chi connectivity index (χ4v) is 5.00. The number of benzene rings is 1. The van der Waals surface area contributed by atoms with E-state index in [1.807, 2.05) is 41.3 Å². The average molecular weight is 460 g/mol. The zero-order valence-electron chi connectivity index (χ0n) is 15.7. The van der Waals surface area contributed by atoms with Gasteiger partial charge >= 0.3 is 0 Å². The number of anilines is 1. The summed E-state index contributed by atoms with van der Waals surface area (Å²) < 4.78 is 1.00. The lowest BCUT2D eigenvalue weighted by atomic mass is 9.99. The van der Waals surface area contributed by atoms with E-state index in [1.165, 1.54) is 0 Å². The van der Waals surface area contributed by atoms with E-state index in [-0.39, 0.29) is 24.8 Å². The highest BCUT2D eigenvalue weighted by Crippen LogP contribution is 2.34. The normalized spacial score (nSPS) is 17.9. The maximum Gasteiger partial charge on any atom is 0.242 e. The lowest BCUT2D eigenvalue weighted by molar-refractivity contribution is -0.132. The van der Waals surface area contributed by atoms with Gasteiger partial charge in [0.15, 0.2) is 0 Å². The van der Waals surface area contributed by atoms with Gasteiger partial charge < -0.3 is 9.80 Å². The average Bonchev–Trinajstić information content (AvgIpc) is 3.07. The Kier molecular flexibility index (Phi) is 5.64. The maximum absolute atomic E-state index is 13.1. The summed E-state index contributed by atoms with van der Waals surface area (Å²) in [4.78, 5) is 35.2. The first-order chi connectivity index (χ1) is 13.5. The monoisotopic (exact) mass is 459 g/mol. The molecule has 1 aromatic carbocycles. The summed E-state index contributed by atoms with van der Waals surface area (Å²) in [6.45, 7) is 3.84. The van der Waals surface area contributed by atoms with Crippen LogP contribution in [0.1, 0.15) is 31.1 Å². The second-order valence-corrected chi connectivity index (χ2v) is 9.83. The van der Waals surface area contributed by atoms with Crippen molar-refractivity contribution >= 4 is 56.2 Å². The number of carbonyl (C=O) groups excluding carboxylic acids is 2. The fourth-order valence-electron chi connectivity index (χ4n) is 3.62. The molecule has 2 aliphatic heterocycles. The molecule has 7 heteroatoms. The van der Waals surface area contributed by atoms with Gasteiger partial charge in [0, 0.05) is 13.1 Å². The highest BCUT2D eigenvalue weighted by molar-refractivity contribution is 9.11. The van der Waals surface area contributed by atoms with Gasteiger partial charge in [0.1, 0.15) is 6.54 Å². The number of rotatable bonds is 3. The van der Waals surface area contributed by atoms with Gasteiger partial charge in [-0.05, 0) is 59.0 Å². The molecule has 1 aromatic heterocycles. The number of para-hydroxylation sites is 2. The van der Waals surface area contributed by atoms with Crippen molar-refractivity contribution in [2.75, 3.05) is 24.5 Å². The van der Waals surface area contributed by atoms with Crippen molar-refractivity contribution in [3.05, 3.63) is 45.1 Å². The number of likely N-dealkylation sites (tertiary alicyclic amines) is 1. The summed E-state index contributed by atoms with van der Waals surface area (Å²) in [5, 5.41) is 0. The molecule has 0 bridgehead atoms. The van der Waals surface area contributed by atoms with Gasteiger partial charge in [-0.2, -0.15) is 0 Å². The van der Waals surface area contributed by atoms with Crippen LogP contribution in [-0.2, 0) is 9.59 Å². The first kappa shape index (κ1) is 19.3. The van der Waals surface area contributed by atoms with Crippen molar-refractivity contribution in [3.63, 3.8) is 0 Å². The van der Waals surface area contributed by atoms with E-state index in [1.54, 1.807) is 16.2 Å². The van der Waals surface area contributed by atoms with Crippen molar-refractivity contribution in [1.29, 1.82) is 0 Å². The Balaban J connectivity index is 1.60. The molecule has 0 N–H and O–H groups in total. The van der Waals surface area contributed by atoms with Gasteiger partial charge in [0.2, 0.25) is 11.8 Å². The number of amides is 2. The van der Waals surface area contributed by atoms with E-state index in [2.05, 4.69) is 22.9 Å². The summed E-state index contributed by atoms with van der Waals surface area (Å²) in [7, 11) is 0. The Labute approximate surface area is 177 Å². The molecule has 5 nitrogen and oxygen atoms in total. The number of nitrogens with zero attached hydrogens (tertiary/aromatic N) is 3. The lowest BCUT2D eigenvalue weighted by Gasteiger charge is -2.32. The molecule has 2 amide bonds. The SMILES string of the molecule is CC1CCN(C(=O)CN2C(=O)CC(c3ccc(Br)s3)=Nc3ccccc32)CC1. The molecule has 0 saturated carbocycles. The summed E-state index contributed by atoms with van der Waals surface area (Å²) in [5.41, 5.74) is 2.18. The molecule has 1 saturated heterocycles. The van der Waals surface area contributed by atoms with Crippen LogP contribution in [0.5, 0.6) is 0 Å². The summed E-state index contributed by atoms with van der Waals surface area (Å²) in [6, 6.07) is 11.5. The van der Waals surface area contributed by atoms with Crippen molar-refractivity contribution in [2.45, 2.75) is 26.2 Å². The Bertz CT molecular complexity index is 931. The molecule has 2 aliphatic rings. The van der Waals surface area contributed by atoms with E-state index in [9.17, 15) is 9.59 Å². The van der Waals surface area contributed by atoms with Crippen LogP contribution in [0.4, 0.5) is 11.4 Å². The molecule has 146 valence electrons. The summed E-state index contributed by atoms with van der Waals surface area (Å²) in [6.07, 6.45) is 2.24. The largest absolute Gasteiger partial charge is 0.341 e. The second-order valence-electron chi connectivity index (χ2n) is 7.37. The van der Waals surface area contributed by atoms with Crippen molar-refractivity contribution in [2.24, 2.45) is 10.9 Å². The van der Waals surface area contributed by atoms with Gasteiger partial charge in [-0.1, -0.05) is 19.1 Å². The molecular weight excluding hydrogens is 438 g/mol. The molecule has 0 unspecified atom stereocenters. The number of aliphatic imine (C=N–C) groups is 1. The molecule has 0 radical (unpaired) electrons. The number of thiophene rings is 1. The summed E-state index contributed by atoms with van der Waals surface area (Å²) >= 11 is 5.03. The number of carbonyl (C=O) groups is 2. The molecule has 0 spiro atoms. The van der Waals surface area contributed by atoms with Crippen molar-refractivity contribution < 1.29 is 9.59 Å². The van der Waals surface area contributed by atoms with E-state index in [0.717, 1.165) is 46.0 Å². The smallest absolute Gasteiger partial charge is 0.242 e. The Morgan fingerprint density at radius 3 is 2.68 bits per heavy atom. The summed E-state index contributed by atoms with van der Waals surface area (Å²) in [5.74, 6) is 0.579. The third-order valence-corrected chi connectivity index (χ3v) is 7.01. The van der Waals surface area contributed by atoms with E-state index in [4.69, 9.17) is 4.99 Å². The Morgan fingerprint density at radius 2 is 1.96 bits per heavy atom. The molecule has 28 heavy (non-hydrogen) atoms. The van der Waals surface area contributed by atoms with Gasteiger partial charge in [-0.3, -0.25) is 9.59 Å². The Morgan fingerprint density at radius 1 is 1.21 bits per heavy atom. The number of hydrogen-bond donors (Lipinski definition) is 0. The van der Waals surface area contributed by atoms with E-state index >= 15 is 0 Å². The topological polar surface area (TPSA) is 53.0 Å². The number of hydrogen-bond acceptors (Lipinski definition) is 4. The maximum atomic E-state index is 13.1. The van der Waals surface area contributed by atoms with Crippen LogP contribution in [0.15, 0.2) is 45.2 Å². The van der Waals surface area contributed by atoms with Crippen molar-refractivity contribution in [1.82, 2.24) is 4.90 Å². The van der Waals surface area contributed by atoms with Gasteiger partial charge in [0.25, 0.3) is 0 Å². The van der Waals surface area contributed by atoms with Crippen LogP contribution in [0, 0.1) is 5.92 Å². The van der Waals surface area contributed by atoms with Crippen LogP contribution < -0.4 is 4.90 Å². The lowest BCUT2D eigenvalue weighted by Crippen LogP contribution is -2.45. The number of fused-ring (bicyclic) bond motifs is 1. The predicted octanol–water partition coefficient (Wildman–Crippen LogP) is 4.63. The quantitative estimate of drug-likeness (QED) is 0.671. The third-order valence-electron chi connectivity index (χ3n) is 5.34. The standard InChI is InChI=1S/C21H22BrN3O2S/c1-14-8-10-24(11-9-14)21(27)13-25-17-5-3-2-4-15(17)23-16(12-20(25)26)18-6-7-19(22)28-18/h2-7,14H,8-13H2,1H3. The molecule has 2 aromatic rings. The molecular formula is C21H22BrN3O2S. The highest BCUT2D eigenvalue weighted by atomic mass is 79.9. The van der Waals surface area contributed by atoms with E-state index < -0.39 is 0 Å². The van der Waals surface area contributed by atoms with Gasteiger partial charge in [-0.15, -0.1) is 11.3 Å². The molecule has 4 rings (SSSR count).